The van der Waals surface area contributed by atoms with E-state index in [1.54, 1.807) is 24.3 Å². The van der Waals surface area contributed by atoms with E-state index in [4.69, 9.17) is 16.3 Å². The molecule has 0 radical (unpaired) electrons. The molecule has 1 aromatic heterocycles. The second-order valence-electron chi connectivity index (χ2n) is 5.98. The fraction of sp³-hybridized carbons (Fsp3) is 0.150. The first-order valence-corrected chi connectivity index (χ1v) is 9.22. The summed E-state index contributed by atoms with van der Waals surface area (Å²) in [5.41, 5.74) is 2.95. The monoisotopic (exact) mass is 389 g/mol. The lowest BCUT2D eigenvalue weighted by Gasteiger charge is -2.08. The van der Waals surface area contributed by atoms with Crippen molar-refractivity contribution < 1.29 is 13.9 Å². The molecule has 0 atom stereocenters. The summed E-state index contributed by atoms with van der Waals surface area (Å²) in [6.07, 6.45) is 0. The van der Waals surface area contributed by atoms with Gasteiger partial charge < -0.3 is 10.1 Å². The Morgan fingerprint density at radius 3 is 2.69 bits per heavy atom. The van der Waals surface area contributed by atoms with E-state index in [0.29, 0.717) is 22.3 Å². The molecule has 6 heteroatoms. The number of ether oxygens (including phenoxy) is 1. The zero-order chi connectivity index (χ0) is 18.7. The Morgan fingerprint density at radius 1 is 1.15 bits per heavy atom. The SMILES string of the molecule is Cc1ccc(F)c(NC(=O)c2cc(COc3cc(C)ccc3Cl)cs2)c1. The molecule has 0 aliphatic rings. The van der Waals surface area contributed by atoms with Crippen LogP contribution in [0.4, 0.5) is 10.1 Å². The highest BCUT2D eigenvalue weighted by Crippen LogP contribution is 2.27. The number of hydrogen-bond donors (Lipinski definition) is 1. The van der Waals surface area contributed by atoms with E-state index in [1.807, 2.05) is 31.4 Å². The fourth-order valence-electron chi connectivity index (χ4n) is 2.37. The van der Waals surface area contributed by atoms with Gasteiger partial charge in [-0.25, -0.2) is 4.39 Å². The van der Waals surface area contributed by atoms with Gasteiger partial charge in [-0.2, -0.15) is 0 Å². The molecule has 0 aliphatic carbocycles. The molecular weight excluding hydrogens is 373 g/mol. The van der Waals surface area contributed by atoms with E-state index in [-0.39, 0.29) is 11.6 Å². The zero-order valence-corrected chi connectivity index (χ0v) is 15.9. The maximum absolute atomic E-state index is 13.8. The van der Waals surface area contributed by atoms with Crippen LogP contribution in [0.1, 0.15) is 26.4 Å². The van der Waals surface area contributed by atoms with Crippen LogP contribution in [0.5, 0.6) is 5.75 Å². The van der Waals surface area contributed by atoms with E-state index < -0.39 is 5.82 Å². The predicted octanol–water partition coefficient (Wildman–Crippen LogP) is 5.99. The van der Waals surface area contributed by atoms with Gasteiger partial charge in [0.05, 0.1) is 15.6 Å². The van der Waals surface area contributed by atoms with Crippen LogP contribution in [0.15, 0.2) is 47.8 Å². The number of carbonyl (C=O) groups is 1. The largest absolute Gasteiger partial charge is 0.487 e. The molecule has 2 aromatic carbocycles. The van der Waals surface area contributed by atoms with E-state index in [0.717, 1.165) is 16.7 Å². The van der Waals surface area contributed by atoms with Gasteiger partial charge in [0.25, 0.3) is 5.91 Å². The number of anilines is 1. The van der Waals surface area contributed by atoms with Crippen molar-refractivity contribution in [3.63, 3.8) is 0 Å². The zero-order valence-electron chi connectivity index (χ0n) is 14.3. The molecule has 3 aromatic rings. The Labute approximate surface area is 160 Å². The van der Waals surface area contributed by atoms with Crippen molar-refractivity contribution in [2.45, 2.75) is 20.5 Å². The van der Waals surface area contributed by atoms with Crippen molar-refractivity contribution in [3.8, 4) is 5.75 Å². The van der Waals surface area contributed by atoms with E-state index in [9.17, 15) is 9.18 Å². The topological polar surface area (TPSA) is 38.3 Å². The molecule has 0 spiro atoms. The minimum absolute atomic E-state index is 0.174. The highest BCUT2D eigenvalue weighted by molar-refractivity contribution is 7.12. The molecule has 1 heterocycles. The third-order valence-corrected chi connectivity index (χ3v) is 5.02. The Hall–Kier alpha value is -2.37. The average Bonchev–Trinajstić information content (AvgIpc) is 3.08. The van der Waals surface area contributed by atoms with Crippen molar-refractivity contribution in [1.29, 1.82) is 0 Å². The maximum Gasteiger partial charge on any atom is 0.265 e. The minimum atomic E-state index is -0.460. The van der Waals surface area contributed by atoms with Gasteiger partial charge in [-0.3, -0.25) is 4.79 Å². The molecule has 0 bridgehead atoms. The van der Waals surface area contributed by atoms with Gasteiger partial charge in [0, 0.05) is 5.56 Å². The fourth-order valence-corrected chi connectivity index (χ4v) is 3.34. The number of rotatable bonds is 5. The Bertz CT molecular complexity index is 955. The summed E-state index contributed by atoms with van der Waals surface area (Å²) in [5, 5.41) is 4.98. The summed E-state index contributed by atoms with van der Waals surface area (Å²) in [4.78, 5) is 12.8. The maximum atomic E-state index is 13.8. The first-order chi connectivity index (χ1) is 12.4. The van der Waals surface area contributed by atoms with Gasteiger partial charge in [-0.05, 0) is 60.7 Å². The molecule has 0 saturated heterocycles. The molecule has 3 nitrogen and oxygen atoms in total. The molecule has 1 N–H and O–H groups in total. The number of hydrogen-bond acceptors (Lipinski definition) is 3. The molecule has 0 aliphatic heterocycles. The average molecular weight is 390 g/mol. The number of aryl methyl sites for hydroxylation is 2. The van der Waals surface area contributed by atoms with Crippen LogP contribution in [-0.4, -0.2) is 5.91 Å². The second kappa shape index (κ2) is 7.89. The van der Waals surface area contributed by atoms with Crippen LogP contribution >= 0.6 is 22.9 Å². The van der Waals surface area contributed by atoms with Crippen molar-refractivity contribution in [2.24, 2.45) is 0 Å². The summed E-state index contributed by atoms with van der Waals surface area (Å²) in [5.74, 6) is -0.205. The van der Waals surface area contributed by atoms with Crippen LogP contribution in [-0.2, 0) is 6.61 Å². The first-order valence-electron chi connectivity index (χ1n) is 7.96. The Balaban J connectivity index is 1.66. The van der Waals surface area contributed by atoms with E-state index >= 15 is 0 Å². The molecule has 134 valence electrons. The predicted molar refractivity (Wildman–Crippen MR) is 104 cm³/mol. The van der Waals surface area contributed by atoms with Gasteiger partial charge in [0.1, 0.15) is 18.2 Å². The highest BCUT2D eigenvalue weighted by atomic mass is 35.5. The lowest BCUT2D eigenvalue weighted by atomic mass is 10.2. The lowest BCUT2D eigenvalue weighted by molar-refractivity contribution is 0.103. The number of nitrogens with one attached hydrogen (secondary N) is 1. The van der Waals surface area contributed by atoms with E-state index in [2.05, 4.69) is 5.32 Å². The third-order valence-electron chi connectivity index (χ3n) is 3.73. The molecule has 0 saturated carbocycles. The van der Waals surface area contributed by atoms with Crippen molar-refractivity contribution in [3.05, 3.63) is 80.3 Å². The lowest BCUT2D eigenvalue weighted by Crippen LogP contribution is -2.11. The van der Waals surface area contributed by atoms with Crippen LogP contribution in [0.2, 0.25) is 5.02 Å². The number of carbonyl (C=O) groups excluding carboxylic acids is 1. The molecule has 1 amide bonds. The molecule has 3 rings (SSSR count). The van der Waals surface area contributed by atoms with Gasteiger partial charge in [-0.15, -0.1) is 11.3 Å². The van der Waals surface area contributed by atoms with Gasteiger partial charge in [0.15, 0.2) is 0 Å². The van der Waals surface area contributed by atoms with Crippen molar-refractivity contribution in [1.82, 2.24) is 0 Å². The number of halogens is 2. The number of benzene rings is 2. The van der Waals surface area contributed by atoms with Gasteiger partial charge in [-0.1, -0.05) is 23.7 Å². The highest BCUT2D eigenvalue weighted by Gasteiger charge is 2.13. The summed E-state index contributed by atoms with van der Waals surface area (Å²) < 4.78 is 19.5. The van der Waals surface area contributed by atoms with Crippen LogP contribution in [0, 0.1) is 19.7 Å². The number of amides is 1. The Kier molecular flexibility index (Phi) is 5.59. The molecule has 26 heavy (non-hydrogen) atoms. The smallest absolute Gasteiger partial charge is 0.265 e. The number of thiophene rings is 1. The molecular formula is C20H17ClFNO2S. The second-order valence-corrected chi connectivity index (χ2v) is 7.30. The van der Waals surface area contributed by atoms with Crippen molar-refractivity contribution in [2.75, 3.05) is 5.32 Å². The quantitative estimate of drug-likeness (QED) is 0.582. The first kappa shape index (κ1) is 18.4. The minimum Gasteiger partial charge on any atom is -0.487 e. The van der Waals surface area contributed by atoms with E-state index in [1.165, 1.54) is 17.4 Å². The Morgan fingerprint density at radius 2 is 1.88 bits per heavy atom. The summed E-state index contributed by atoms with van der Waals surface area (Å²) in [6.45, 7) is 4.10. The van der Waals surface area contributed by atoms with Gasteiger partial charge >= 0.3 is 0 Å². The summed E-state index contributed by atoms with van der Waals surface area (Å²) in [6, 6.07) is 11.9. The molecule has 0 unspecified atom stereocenters. The van der Waals surface area contributed by atoms with Crippen molar-refractivity contribution >= 4 is 34.5 Å². The van der Waals surface area contributed by atoms with Gasteiger partial charge in [0.2, 0.25) is 0 Å². The third kappa shape index (κ3) is 4.42. The standard InChI is InChI=1S/C20H17ClFNO2S/c1-12-4-6-16(22)17(7-12)23-20(24)19-9-14(11-26-19)10-25-18-8-13(2)3-5-15(18)21/h3-9,11H,10H2,1-2H3,(H,23,24). The van der Waals surface area contributed by atoms with Crippen LogP contribution in [0.3, 0.4) is 0 Å². The summed E-state index contributed by atoms with van der Waals surface area (Å²) in [7, 11) is 0. The summed E-state index contributed by atoms with van der Waals surface area (Å²) >= 11 is 7.40. The van der Waals surface area contributed by atoms with Crippen LogP contribution in [0.25, 0.3) is 0 Å². The van der Waals surface area contributed by atoms with Crippen LogP contribution < -0.4 is 10.1 Å². The molecule has 0 fully saturated rings. The normalized spacial score (nSPS) is 10.6.